The zero-order valence-electron chi connectivity index (χ0n) is 15.1. The van der Waals surface area contributed by atoms with Crippen LogP contribution in [0.5, 0.6) is 0 Å². The topological polar surface area (TPSA) is 115 Å². The van der Waals surface area contributed by atoms with Crippen LogP contribution in [-0.2, 0) is 0 Å². The van der Waals surface area contributed by atoms with Crippen molar-refractivity contribution < 1.29 is 10.0 Å². The number of benzene rings is 2. The van der Waals surface area contributed by atoms with E-state index < -0.39 is 11.0 Å². The van der Waals surface area contributed by atoms with Gasteiger partial charge in [0, 0.05) is 24.4 Å². The Morgan fingerprint density at radius 3 is 2.43 bits per heavy atom. The van der Waals surface area contributed by atoms with Crippen LogP contribution in [0.15, 0.2) is 40.6 Å². The summed E-state index contributed by atoms with van der Waals surface area (Å²) < 4.78 is 0. The van der Waals surface area contributed by atoms with Crippen molar-refractivity contribution >= 4 is 46.0 Å². The van der Waals surface area contributed by atoms with E-state index in [0.717, 1.165) is 23.4 Å². The summed E-state index contributed by atoms with van der Waals surface area (Å²) in [4.78, 5) is 12.0. The van der Waals surface area contributed by atoms with Gasteiger partial charge in [-0.3, -0.25) is 10.1 Å². The number of aliphatic hydroxyl groups is 1. The summed E-state index contributed by atoms with van der Waals surface area (Å²) in [7, 11) is 0. The first-order valence-electron chi connectivity index (χ1n) is 8.21. The smallest absolute Gasteiger partial charge is 0.272 e. The second-order valence-corrected chi connectivity index (χ2v) is 6.72. The van der Waals surface area contributed by atoms with Gasteiger partial charge in [0.15, 0.2) is 0 Å². The number of nitrogens with zero attached hydrogens (tertiary/aromatic N) is 5. The molecular weight excluding hydrogens is 405 g/mol. The van der Waals surface area contributed by atoms with Crippen molar-refractivity contribution in [2.75, 3.05) is 18.1 Å². The first-order valence-corrected chi connectivity index (χ1v) is 8.97. The number of anilines is 1. The van der Waals surface area contributed by atoms with Gasteiger partial charge in [0.25, 0.3) is 5.69 Å². The minimum atomic E-state index is -0.595. The van der Waals surface area contributed by atoms with Crippen molar-refractivity contribution in [1.29, 1.82) is 5.26 Å². The van der Waals surface area contributed by atoms with Crippen molar-refractivity contribution in [1.82, 2.24) is 0 Å². The van der Waals surface area contributed by atoms with E-state index in [2.05, 4.69) is 16.3 Å². The monoisotopic (exact) mass is 421 g/mol. The van der Waals surface area contributed by atoms with Gasteiger partial charge in [-0.2, -0.15) is 10.4 Å². The van der Waals surface area contributed by atoms with Crippen LogP contribution in [0, 0.1) is 28.4 Å². The van der Waals surface area contributed by atoms with Crippen LogP contribution in [0.3, 0.4) is 0 Å². The lowest BCUT2D eigenvalue weighted by atomic mass is 10.1. The Kier molecular flexibility index (Phi) is 7.29. The Labute approximate surface area is 171 Å². The van der Waals surface area contributed by atoms with Gasteiger partial charge in [0.1, 0.15) is 11.7 Å². The first kappa shape index (κ1) is 21.6. The average Bonchev–Trinajstić information content (AvgIpc) is 2.65. The minimum absolute atomic E-state index is 0.0224. The standard InChI is InChI=1S/C18H17Cl2N5O3/c1-11-7-13(24(5-6-26)12(2)10-21)3-4-17(11)22-23-18-15(19)8-14(25(27)28)9-16(18)20/h3-4,7-9,12,26H,5-6H2,1-2H3. The highest BCUT2D eigenvalue weighted by Crippen LogP contribution is 2.38. The molecule has 0 radical (unpaired) electrons. The molecule has 0 amide bonds. The number of aliphatic hydroxyl groups excluding tert-OH is 1. The van der Waals surface area contributed by atoms with Crippen LogP contribution in [0.1, 0.15) is 12.5 Å². The molecule has 1 unspecified atom stereocenters. The number of non-ortho nitro benzene ring substituents is 1. The molecule has 1 atom stereocenters. The zero-order valence-corrected chi connectivity index (χ0v) is 16.6. The van der Waals surface area contributed by atoms with Crippen molar-refractivity contribution in [2.45, 2.75) is 19.9 Å². The summed E-state index contributed by atoms with van der Waals surface area (Å²) in [5, 5.41) is 37.4. The van der Waals surface area contributed by atoms with Gasteiger partial charge in [0.05, 0.1) is 33.3 Å². The van der Waals surface area contributed by atoms with Crippen LogP contribution >= 0.6 is 23.2 Å². The van der Waals surface area contributed by atoms with Gasteiger partial charge in [-0.1, -0.05) is 23.2 Å². The molecule has 0 bridgehead atoms. The van der Waals surface area contributed by atoms with Gasteiger partial charge in [-0.05, 0) is 37.6 Å². The summed E-state index contributed by atoms with van der Waals surface area (Å²) >= 11 is 12.1. The van der Waals surface area contributed by atoms with Gasteiger partial charge in [-0.15, -0.1) is 5.11 Å². The van der Waals surface area contributed by atoms with Gasteiger partial charge in [-0.25, -0.2) is 0 Å². The van der Waals surface area contributed by atoms with Crippen molar-refractivity contribution in [3.8, 4) is 6.07 Å². The molecule has 0 saturated carbocycles. The van der Waals surface area contributed by atoms with Crippen molar-refractivity contribution in [3.05, 3.63) is 56.1 Å². The maximum absolute atomic E-state index is 10.8. The fourth-order valence-corrected chi connectivity index (χ4v) is 3.06. The third kappa shape index (κ3) is 4.95. The van der Waals surface area contributed by atoms with Crippen molar-refractivity contribution in [2.24, 2.45) is 10.2 Å². The van der Waals surface area contributed by atoms with Crippen LogP contribution in [0.25, 0.3) is 0 Å². The minimum Gasteiger partial charge on any atom is -0.395 e. The van der Waals surface area contributed by atoms with E-state index in [1.807, 2.05) is 13.0 Å². The molecule has 10 heteroatoms. The molecule has 0 spiro atoms. The van der Waals surface area contributed by atoms with Gasteiger partial charge >= 0.3 is 0 Å². The van der Waals surface area contributed by atoms with Gasteiger partial charge in [0.2, 0.25) is 0 Å². The Bertz CT molecular complexity index is 936. The van der Waals surface area contributed by atoms with Crippen LogP contribution < -0.4 is 4.90 Å². The third-order valence-electron chi connectivity index (χ3n) is 3.98. The molecular formula is C18H17Cl2N5O3. The maximum atomic E-state index is 10.8. The number of hydrogen-bond acceptors (Lipinski definition) is 7. The Hall–Kier alpha value is -2.73. The fourth-order valence-electron chi connectivity index (χ4n) is 2.51. The number of hydrogen-bond donors (Lipinski definition) is 1. The molecule has 0 aliphatic rings. The Morgan fingerprint density at radius 2 is 1.93 bits per heavy atom. The van der Waals surface area contributed by atoms with Crippen LogP contribution in [0.2, 0.25) is 10.0 Å². The molecule has 0 heterocycles. The number of nitro benzene ring substituents is 1. The molecule has 28 heavy (non-hydrogen) atoms. The number of aryl methyl sites for hydroxylation is 1. The third-order valence-corrected chi connectivity index (χ3v) is 4.55. The summed E-state index contributed by atoms with van der Waals surface area (Å²) in [5.41, 5.74) is 2.00. The van der Waals surface area contributed by atoms with Crippen LogP contribution in [0.4, 0.5) is 22.7 Å². The fraction of sp³-hybridized carbons (Fsp3) is 0.278. The molecule has 2 aromatic rings. The number of rotatable bonds is 7. The lowest BCUT2D eigenvalue weighted by Crippen LogP contribution is -2.34. The molecule has 2 rings (SSSR count). The van der Waals surface area contributed by atoms with Gasteiger partial charge < -0.3 is 10.0 Å². The predicted octanol–water partition coefficient (Wildman–Crippen LogP) is 5.34. The molecule has 1 N–H and O–H groups in total. The highest BCUT2D eigenvalue weighted by Gasteiger charge is 2.16. The first-order chi connectivity index (χ1) is 13.3. The number of halogens is 2. The SMILES string of the molecule is Cc1cc(N(CCO)C(C)C#N)ccc1N=Nc1c(Cl)cc([N+](=O)[O-])cc1Cl. The van der Waals surface area contributed by atoms with E-state index in [-0.39, 0.29) is 28.0 Å². The second kappa shape index (κ2) is 9.46. The second-order valence-electron chi connectivity index (χ2n) is 5.91. The summed E-state index contributed by atoms with van der Waals surface area (Å²) in [6.45, 7) is 3.81. The molecule has 0 aliphatic heterocycles. The van der Waals surface area contributed by atoms with E-state index in [1.54, 1.807) is 24.0 Å². The highest BCUT2D eigenvalue weighted by atomic mass is 35.5. The van der Waals surface area contributed by atoms with E-state index in [4.69, 9.17) is 28.5 Å². The highest BCUT2D eigenvalue weighted by molar-refractivity contribution is 6.39. The largest absolute Gasteiger partial charge is 0.395 e. The van der Waals surface area contributed by atoms with E-state index in [0.29, 0.717) is 12.2 Å². The zero-order chi connectivity index (χ0) is 20.8. The summed E-state index contributed by atoms with van der Waals surface area (Å²) in [5.74, 6) is 0. The normalized spacial score (nSPS) is 12.0. The molecule has 0 saturated heterocycles. The Morgan fingerprint density at radius 1 is 1.29 bits per heavy atom. The summed E-state index contributed by atoms with van der Waals surface area (Å²) in [6.07, 6.45) is 0. The predicted molar refractivity (Wildman–Crippen MR) is 108 cm³/mol. The van der Waals surface area contributed by atoms with E-state index in [9.17, 15) is 15.2 Å². The molecule has 0 fully saturated rings. The average molecular weight is 422 g/mol. The Balaban J connectivity index is 2.33. The summed E-state index contributed by atoms with van der Waals surface area (Å²) in [6, 6.07) is 9.38. The van der Waals surface area contributed by atoms with Crippen LogP contribution in [-0.4, -0.2) is 29.2 Å². The van der Waals surface area contributed by atoms with E-state index in [1.165, 1.54) is 0 Å². The lowest BCUT2D eigenvalue weighted by molar-refractivity contribution is -0.384. The molecule has 8 nitrogen and oxygen atoms in total. The lowest BCUT2D eigenvalue weighted by Gasteiger charge is -2.26. The van der Waals surface area contributed by atoms with Crippen molar-refractivity contribution in [3.63, 3.8) is 0 Å². The molecule has 2 aromatic carbocycles. The molecule has 0 aliphatic carbocycles. The number of azo groups is 1. The number of nitriles is 1. The van der Waals surface area contributed by atoms with E-state index >= 15 is 0 Å². The quantitative estimate of drug-likeness (QED) is 0.368. The number of nitro groups is 1. The maximum Gasteiger partial charge on any atom is 0.272 e. The molecule has 146 valence electrons. The molecule has 0 aromatic heterocycles.